The van der Waals surface area contributed by atoms with Crippen LogP contribution in [0.2, 0.25) is 0 Å². The van der Waals surface area contributed by atoms with Gasteiger partial charge in [0.1, 0.15) is 11.5 Å². The van der Waals surface area contributed by atoms with Crippen LogP contribution in [0.15, 0.2) is 30.3 Å². The topological polar surface area (TPSA) is 45.2 Å². The van der Waals surface area contributed by atoms with E-state index in [9.17, 15) is 5.11 Å². The number of nitrogens with zero attached hydrogens (tertiary/aromatic N) is 2. The van der Waals surface area contributed by atoms with Crippen LogP contribution in [0.4, 0.5) is 0 Å². The third kappa shape index (κ3) is 3.47. The highest BCUT2D eigenvalue weighted by molar-refractivity contribution is 5.95. The predicted octanol–water partition coefficient (Wildman–Crippen LogP) is 3.14. The van der Waals surface area contributed by atoms with Crippen molar-refractivity contribution in [1.82, 2.24) is 9.80 Å². The molecule has 2 heterocycles. The second-order valence-corrected chi connectivity index (χ2v) is 8.53. The standard InChI is InChI=1S/C23H32N2O3/c1-24-13-10-21(26)23(15-24)11-5-12-25(16-23)14-17-8-9-19(27-2)18-6-4-7-20(28-3)22(17)18/h4,6-9,21,26H,5,10-16H2,1-3H3/t21-,23-/m0/s1. The van der Waals surface area contributed by atoms with Gasteiger partial charge in [-0.1, -0.05) is 18.2 Å². The van der Waals surface area contributed by atoms with Gasteiger partial charge in [-0.3, -0.25) is 4.90 Å². The van der Waals surface area contributed by atoms with E-state index in [0.717, 1.165) is 74.3 Å². The van der Waals surface area contributed by atoms with Crippen molar-refractivity contribution >= 4 is 10.8 Å². The number of piperidine rings is 2. The van der Waals surface area contributed by atoms with Crippen LogP contribution in [-0.2, 0) is 6.54 Å². The maximum Gasteiger partial charge on any atom is 0.127 e. The molecular weight excluding hydrogens is 352 g/mol. The van der Waals surface area contributed by atoms with Crippen molar-refractivity contribution in [2.75, 3.05) is 47.4 Å². The molecule has 2 saturated heterocycles. The van der Waals surface area contributed by atoms with Crippen molar-refractivity contribution in [2.45, 2.75) is 31.9 Å². The summed E-state index contributed by atoms with van der Waals surface area (Å²) in [5.41, 5.74) is 1.25. The first-order valence-corrected chi connectivity index (χ1v) is 10.3. The number of ether oxygens (including phenoxy) is 2. The van der Waals surface area contributed by atoms with E-state index in [1.54, 1.807) is 14.2 Å². The summed E-state index contributed by atoms with van der Waals surface area (Å²) in [6.07, 6.45) is 2.93. The molecule has 2 aliphatic heterocycles. The van der Waals surface area contributed by atoms with E-state index in [-0.39, 0.29) is 11.5 Å². The maximum atomic E-state index is 10.8. The Morgan fingerprint density at radius 1 is 1.07 bits per heavy atom. The molecule has 152 valence electrons. The first-order valence-electron chi connectivity index (χ1n) is 10.3. The number of benzene rings is 2. The number of aliphatic hydroxyl groups is 1. The summed E-state index contributed by atoms with van der Waals surface area (Å²) in [5.74, 6) is 1.76. The SMILES string of the molecule is COc1ccc(CN2CCC[C@]3(CN(C)CC[C@@H]3O)C2)c2c(OC)cccc12. The Morgan fingerprint density at radius 3 is 2.68 bits per heavy atom. The van der Waals surface area contributed by atoms with Crippen molar-refractivity contribution in [2.24, 2.45) is 5.41 Å². The largest absolute Gasteiger partial charge is 0.496 e. The minimum absolute atomic E-state index is 0.00237. The Labute approximate surface area is 167 Å². The van der Waals surface area contributed by atoms with Gasteiger partial charge in [0.2, 0.25) is 0 Å². The number of rotatable bonds is 4. The van der Waals surface area contributed by atoms with Gasteiger partial charge >= 0.3 is 0 Å². The second kappa shape index (κ2) is 7.90. The molecule has 0 unspecified atom stereocenters. The molecule has 0 amide bonds. The highest BCUT2D eigenvalue weighted by atomic mass is 16.5. The lowest BCUT2D eigenvalue weighted by atomic mass is 9.71. The minimum atomic E-state index is -0.200. The van der Waals surface area contributed by atoms with Gasteiger partial charge in [-0.05, 0) is 50.6 Å². The van der Waals surface area contributed by atoms with Crippen molar-refractivity contribution in [3.63, 3.8) is 0 Å². The molecule has 0 aromatic heterocycles. The first kappa shape index (κ1) is 19.5. The summed E-state index contributed by atoms with van der Waals surface area (Å²) in [7, 11) is 5.61. The molecule has 0 radical (unpaired) electrons. The number of aliphatic hydroxyl groups excluding tert-OH is 1. The average Bonchev–Trinajstić information content (AvgIpc) is 2.71. The molecule has 2 aromatic rings. The average molecular weight is 385 g/mol. The molecule has 1 N–H and O–H groups in total. The zero-order valence-electron chi connectivity index (χ0n) is 17.3. The number of likely N-dealkylation sites (tertiary alicyclic amines) is 2. The van der Waals surface area contributed by atoms with E-state index < -0.39 is 0 Å². The molecule has 28 heavy (non-hydrogen) atoms. The molecule has 2 atom stereocenters. The maximum absolute atomic E-state index is 10.8. The predicted molar refractivity (Wildman–Crippen MR) is 112 cm³/mol. The quantitative estimate of drug-likeness (QED) is 0.877. The summed E-state index contributed by atoms with van der Waals surface area (Å²) >= 11 is 0. The van der Waals surface area contributed by atoms with Crippen LogP contribution < -0.4 is 9.47 Å². The third-order valence-corrected chi connectivity index (χ3v) is 6.65. The van der Waals surface area contributed by atoms with Crippen LogP contribution in [0.25, 0.3) is 10.8 Å². The van der Waals surface area contributed by atoms with Gasteiger partial charge in [-0.15, -0.1) is 0 Å². The Morgan fingerprint density at radius 2 is 1.89 bits per heavy atom. The van der Waals surface area contributed by atoms with Crippen LogP contribution >= 0.6 is 0 Å². The molecule has 1 spiro atoms. The molecular formula is C23H32N2O3. The molecule has 0 saturated carbocycles. The van der Waals surface area contributed by atoms with Crippen LogP contribution in [0.3, 0.4) is 0 Å². The molecule has 2 aliphatic rings. The van der Waals surface area contributed by atoms with Crippen LogP contribution in [-0.4, -0.2) is 68.5 Å². The van der Waals surface area contributed by atoms with E-state index in [0.29, 0.717) is 0 Å². The normalized spacial score (nSPS) is 26.6. The van der Waals surface area contributed by atoms with Gasteiger partial charge in [0.15, 0.2) is 0 Å². The summed E-state index contributed by atoms with van der Waals surface area (Å²) in [6, 6.07) is 10.3. The van der Waals surface area contributed by atoms with Crippen molar-refractivity contribution < 1.29 is 14.6 Å². The highest BCUT2D eigenvalue weighted by Crippen LogP contribution is 2.40. The van der Waals surface area contributed by atoms with E-state index in [2.05, 4.69) is 35.0 Å². The lowest BCUT2D eigenvalue weighted by Gasteiger charge is -2.50. The van der Waals surface area contributed by atoms with Gasteiger partial charge in [0.05, 0.1) is 20.3 Å². The zero-order chi connectivity index (χ0) is 19.7. The van der Waals surface area contributed by atoms with Crippen LogP contribution in [0.1, 0.15) is 24.8 Å². The fraction of sp³-hybridized carbons (Fsp3) is 0.565. The van der Waals surface area contributed by atoms with E-state index in [1.165, 1.54) is 5.56 Å². The Bertz CT molecular complexity index is 840. The molecule has 4 rings (SSSR count). The van der Waals surface area contributed by atoms with Crippen LogP contribution in [0, 0.1) is 5.41 Å². The minimum Gasteiger partial charge on any atom is -0.496 e. The van der Waals surface area contributed by atoms with Crippen molar-refractivity contribution in [3.05, 3.63) is 35.9 Å². The zero-order valence-corrected chi connectivity index (χ0v) is 17.3. The summed E-state index contributed by atoms with van der Waals surface area (Å²) in [6.45, 7) is 4.85. The molecule has 5 heteroatoms. The molecule has 0 bridgehead atoms. The van der Waals surface area contributed by atoms with Gasteiger partial charge in [0, 0.05) is 42.4 Å². The summed E-state index contributed by atoms with van der Waals surface area (Å²) in [5, 5.41) is 13.0. The van der Waals surface area contributed by atoms with Crippen molar-refractivity contribution in [1.29, 1.82) is 0 Å². The third-order valence-electron chi connectivity index (χ3n) is 6.65. The summed E-state index contributed by atoms with van der Waals surface area (Å²) in [4.78, 5) is 4.89. The molecule has 5 nitrogen and oxygen atoms in total. The number of methoxy groups -OCH3 is 2. The Kier molecular flexibility index (Phi) is 5.50. The van der Waals surface area contributed by atoms with E-state index in [1.807, 2.05) is 12.1 Å². The monoisotopic (exact) mass is 384 g/mol. The fourth-order valence-corrected chi connectivity index (χ4v) is 5.30. The summed E-state index contributed by atoms with van der Waals surface area (Å²) < 4.78 is 11.3. The van der Waals surface area contributed by atoms with Gasteiger partial charge in [-0.2, -0.15) is 0 Å². The molecule has 2 aromatic carbocycles. The van der Waals surface area contributed by atoms with Gasteiger partial charge in [0.25, 0.3) is 0 Å². The number of hydrogen-bond acceptors (Lipinski definition) is 5. The Hall–Kier alpha value is -1.82. The van der Waals surface area contributed by atoms with E-state index >= 15 is 0 Å². The lowest BCUT2D eigenvalue weighted by molar-refractivity contribution is -0.0807. The van der Waals surface area contributed by atoms with Gasteiger partial charge in [-0.25, -0.2) is 0 Å². The van der Waals surface area contributed by atoms with Crippen LogP contribution in [0.5, 0.6) is 11.5 Å². The Balaban J connectivity index is 1.65. The van der Waals surface area contributed by atoms with Crippen molar-refractivity contribution in [3.8, 4) is 11.5 Å². The molecule has 0 aliphatic carbocycles. The second-order valence-electron chi connectivity index (χ2n) is 8.53. The number of fused-ring (bicyclic) bond motifs is 1. The lowest BCUT2D eigenvalue weighted by Crippen LogP contribution is -2.58. The smallest absolute Gasteiger partial charge is 0.127 e. The first-order chi connectivity index (χ1) is 13.6. The van der Waals surface area contributed by atoms with E-state index in [4.69, 9.17) is 9.47 Å². The highest BCUT2D eigenvalue weighted by Gasteiger charge is 2.44. The fourth-order valence-electron chi connectivity index (χ4n) is 5.30. The van der Waals surface area contributed by atoms with Gasteiger partial charge < -0.3 is 19.5 Å². The molecule has 2 fully saturated rings. The number of hydrogen-bond donors (Lipinski definition) is 1.